The molecule has 0 aromatic heterocycles. The Hall–Kier alpha value is -3.84. The van der Waals surface area contributed by atoms with Gasteiger partial charge in [0.2, 0.25) is 0 Å². The van der Waals surface area contributed by atoms with Gasteiger partial charge < -0.3 is 102 Å². The van der Waals surface area contributed by atoms with Crippen LogP contribution in [0, 0.1) is 5.92 Å². The quantitative estimate of drug-likeness (QED) is 0.0208. The average molecular weight is 1370 g/mol. The van der Waals surface area contributed by atoms with Gasteiger partial charge in [-0.05, 0) is 71.9 Å². The molecule has 6 saturated heterocycles. The van der Waals surface area contributed by atoms with Crippen molar-refractivity contribution < 1.29 is 121 Å². The molecule has 7 N–H and O–H groups in total. The Kier molecular flexibility index (Phi) is 33.1. The minimum atomic E-state index is -1.95. The van der Waals surface area contributed by atoms with Gasteiger partial charge in [0.25, 0.3) is 0 Å². The van der Waals surface area contributed by atoms with E-state index in [1.165, 1.54) is 26.8 Å². The Bertz CT molecular complexity index is 2470. The number of benzene rings is 1. The number of aliphatic hydroxyl groups excluding tert-OH is 7. The molecule has 7 rings (SSSR count). The number of unbranched alkanes of at least 4 members (excludes halogenated alkanes) is 10. The van der Waals surface area contributed by atoms with Gasteiger partial charge in [-0.2, -0.15) is 0 Å². The number of hydrogen-bond donors (Lipinski definition) is 7. The van der Waals surface area contributed by atoms with Gasteiger partial charge >= 0.3 is 23.9 Å². The van der Waals surface area contributed by atoms with Crippen molar-refractivity contribution in [3.8, 4) is 0 Å². The molecule has 25 heteroatoms. The Morgan fingerprint density at radius 2 is 1.04 bits per heavy atom. The van der Waals surface area contributed by atoms with Crippen LogP contribution in [0.25, 0.3) is 6.08 Å². The van der Waals surface area contributed by atoms with Gasteiger partial charge in [-0.15, -0.1) is 0 Å². The summed E-state index contributed by atoms with van der Waals surface area (Å²) >= 11 is 0. The van der Waals surface area contributed by atoms with Crippen LogP contribution in [-0.2, 0) is 85.5 Å². The molecule has 0 spiro atoms. The van der Waals surface area contributed by atoms with E-state index in [4.69, 9.17) is 66.3 Å². The van der Waals surface area contributed by atoms with E-state index in [1.54, 1.807) is 52.0 Å². The van der Waals surface area contributed by atoms with Gasteiger partial charge in [-0.3, -0.25) is 14.4 Å². The molecule has 548 valence electrons. The molecule has 1 unspecified atom stereocenters. The summed E-state index contributed by atoms with van der Waals surface area (Å²) in [6, 6.07) is 8.89. The summed E-state index contributed by atoms with van der Waals surface area (Å²) in [5.41, 5.74) is 0.664. The predicted octanol–water partition coefficient (Wildman–Crippen LogP) is 7.21. The van der Waals surface area contributed by atoms with Crippen molar-refractivity contribution in [2.24, 2.45) is 5.92 Å². The van der Waals surface area contributed by atoms with Crippen molar-refractivity contribution in [1.82, 2.24) is 0 Å². The van der Waals surface area contributed by atoms with Crippen LogP contribution in [0.3, 0.4) is 0 Å². The van der Waals surface area contributed by atoms with E-state index in [-0.39, 0.29) is 18.9 Å². The molecule has 6 heterocycles. The van der Waals surface area contributed by atoms with Crippen LogP contribution in [0.1, 0.15) is 216 Å². The molecule has 6 aliphatic rings. The molecule has 6 aliphatic heterocycles. The Labute approximate surface area is 566 Å². The highest BCUT2D eigenvalue weighted by Gasteiger charge is 2.59. The van der Waals surface area contributed by atoms with E-state index in [9.17, 15) is 54.9 Å². The first-order chi connectivity index (χ1) is 46.0. The maximum absolute atomic E-state index is 14.6. The zero-order chi connectivity index (χ0) is 69.6. The van der Waals surface area contributed by atoms with Crippen LogP contribution in [0.5, 0.6) is 0 Å². The third-order valence-electron chi connectivity index (χ3n) is 19.1. The predicted molar refractivity (Wildman–Crippen MR) is 345 cm³/mol. The fraction of sp³-hybridized carbons (Fsp3) is 0.831. The van der Waals surface area contributed by atoms with Crippen molar-refractivity contribution >= 4 is 30.0 Å². The molecule has 0 amide bonds. The molecule has 26 atom stereocenters. The lowest BCUT2D eigenvalue weighted by atomic mass is 9.95. The van der Waals surface area contributed by atoms with Crippen molar-refractivity contribution in [3.05, 3.63) is 42.0 Å². The monoisotopic (exact) mass is 1370 g/mol. The number of hydrogen-bond acceptors (Lipinski definition) is 25. The lowest BCUT2D eigenvalue weighted by Crippen LogP contribution is -2.68. The van der Waals surface area contributed by atoms with E-state index in [0.29, 0.717) is 37.7 Å². The van der Waals surface area contributed by atoms with Crippen LogP contribution < -0.4 is 0 Å². The summed E-state index contributed by atoms with van der Waals surface area (Å²) in [5.74, 6) is -3.71. The van der Waals surface area contributed by atoms with Gasteiger partial charge in [0.05, 0.1) is 42.5 Å². The van der Waals surface area contributed by atoms with E-state index >= 15 is 0 Å². The zero-order valence-corrected chi connectivity index (χ0v) is 57.9. The number of carbonyl (C=O) groups is 4. The summed E-state index contributed by atoms with van der Waals surface area (Å²) in [5, 5.41) is 81.8. The van der Waals surface area contributed by atoms with Crippen LogP contribution in [0.15, 0.2) is 36.4 Å². The second-order valence-corrected chi connectivity index (χ2v) is 27.3. The first-order valence-corrected chi connectivity index (χ1v) is 35.9. The van der Waals surface area contributed by atoms with Gasteiger partial charge in [0.15, 0.2) is 55.9 Å². The molecule has 96 heavy (non-hydrogen) atoms. The van der Waals surface area contributed by atoms with Crippen LogP contribution in [-0.4, -0.2) is 219 Å². The number of esters is 4. The number of ether oxygens (including phenoxy) is 14. The lowest BCUT2D eigenvalue weighted by molar-refractivity contribution is -0.399. The van der Waals surface area contributed by atoms with Gasteiger partial charge in [-0.1, -0.05) is 167 Å². The third-order valence-corrected chi connectivity index (χ3v) is 19.1. The molecule has 0 aliphatic carbocycles. The highest BCUT2D eigenvalue weighted by Crippen LogP contribution is 2.40. The number of carbonyl (C=O) groups excluding carboxylic acids is 4. The van der Waals surface area contributed by atoms with E-state index in [1.807, 2.05) is 6.07 Å². The SMILES string of the molecule is CCCCCCCCCCCC(=O)O[C@H]1[C@H](O[C@@H]2[C@H]3OC(=O)CCCCCCCCCC(CCCCC)O[C@@H]4O[C@H](C)[C@H](O)[C@H](O)[C@H]4O[C@H](O[C@H]2C)[C@@H]3O)O[C@@H](C)[C@H](O[C@@H]2O[C@@H](C)[C@H](OC(=O)C(C)C)[C@@H](OC(=O)/C=C/c3ccccc3)[C@H]2O)[C@H]1O[C@@H]1O[C@@H](C)[C@H](O)[C@@H](O)[C@H]1O. The smallest absolute Gasteiger partial charge is 0.331 e. The van der Waals surface area contributed by atoms with Gasteiger partial charge in [0.1, 0.15) is 67.1 Å². The maximum atomic E-state index is 14.6. The first-order valence-electron chi connectivity index (χ1n) is 35.9. The molecular formula is C71H114O25. The van der Waals surface area contributed by atoms with E-state index in [0.717, 1.165) is 109 Å². The van der Waals surface area contributed by atoms with Crippen molar-refractivity contribution in [1.29, 1.82) is 0 Å². The van der Waals surface area contributed by atoms with E-state index < -0.39 is 183 Å². The minimum absolute atomic E-state index is 0.0436. The fourth-order valence-electron chi connectivity index (χ4n) is 13.2. The fourth-order valence-corrected chi connectivity index (χ4v) is 13.2. The Morgan fingerprint density at radius 1 is 0.490 bits per heavy atom. The highest BCUT2D eigenvalue weighted by molar-refractivity contribution is 5.87. The van der Waals surface area contributed by atoms with Crippen molar-refractivity contribution in [2.75, 3.05) is 0 Å². The molecular weight excluding hydrogens is 1250 g/mol. The molecule has 0 saturated carbocycles. The van der Waals surface area contributed by atoms with Gasteiger partial charge in [0, 0.05) is 18.9 Å². The van der Waals surface area contributed by atoms with Crippen molar-refractivity contribution in [2.45, 2.75) is 370 Å². The summed E-state index contributed by atoms with van der Waals surface area (Å²) < 4.78 is 89.6. The maximum Gasteiger partial charge on any atom is 0.331 e. The molecule has 25 nitrogen and oxygen atoms in total. The lowest BCUT2D eigenvalue weighted by Gasteiger charge is -2.51. The van der Waals surface area contributed by atoms with Gasteiger partial charge in [-0.25, -0.2) is 4.79 Å². The highest BCUT2D eigenvalue weighted by atomic mass is 16.8. The summed E-state index contributed by atoms with van der Waals surface area (Å²) in [6.45, 7) is 15.1. The normalized spacial score (nSPS) is 38.5. The minimum Gasteiger partial charge on any atom is -0.456 e. The topological polar surface area (TPSA) is 339 Å². The Balaban J connectivity index is 1.25. The molecule has 1 aromatic carbocycles. The zero-order valence-electron chi connectivity index (χ0n) is 57.9. The largest absolute Gasteiger partial charge is 0.456 e. The molecule has 6 fully saturated rings. The second-order valence-electron chi connectivity index (χ2n) is 27.3. The van der Waals surface area contributed by atoms with Crippen LogP contribution >= 0.6 is 0 Å². The third kappa shape index (κ3) is 22.8. The van der Waals surface area contributed by atoms with Crippen LogP contribution in [0.2, 0.25) is 0 Å². The average Bonchev–Trinajstić information content (AvgIpc) is 0.771. The number of fused-ring (bicyclic) bond motifs is 3. The molecule has 2 bridgehead atoms. The number of rotatable bonds is 26. The Morgan fingerprint density at radius 3 is 1.73 bits per heavy atom. The second kappa shape index (κ2) is 40.0. The summed E-state index contributed by atoms with van der Waals surface area (Å²) in [6.07, 6.45) is -18.2. The molecule has 0 radical (unpaired) electrons. The first kappa shape index (κ1) is 79.5. The van der Waals surface area contributed by atoms with E-state index in [2.05, 4.69) is 13.8 Å². The summed E-state index contributed by atoms with van der Waals surface area (Å²) in [4.78, 5) is 55.7. The molecule has 1 aromatic rings. The standard InChI is InChI=1S/C71H114O25/c1-10-12-14-15-16-17-20-23-31-37-49(73)91-65-64(96-67-55(79)53(77)51(75)41(5)83-67)60(93-68-56(80)61(58(43(7)85-68)92-66(82)40(3)4)90-50(74)39-38-46-32-27-25-28-33-46)45(9)87-71(65)94-59-44(8)86-69-57(81)62(59)89-48(72)36-30-24-21-18-19-22-29-35-47(34-26-13-11-2)88-70-63(95-69)54(78)52(76)42(6)84-70/h25,27-28,32-33,38-45,47,51-65,67-71,75-81H,10-24,26,29-31,34-37H2,1-9H3/b39-38+/t41-,42+,43-,44-,45-,47?,51-,52-,53+,54-,55+,56+,57+,58-,59-,60-,61-,62-,63+,64+,65+,67-,68-,69-,70-,71-/m0/s1. The summed E-state index contributed by atoms with van der Waals surface area (Å²) in [7, 11) is 0. The van der Waals surface area contributed by atoms with Crippen molar-refractivity contribution in [3.63, 3.8) is 0 Å². The number of aliphatic hydroxyl groups is 7. The van der Waals surface area contributed by atoms with Crippen LogP contribution in [0.4, 0.5) is 0 Å².